The van der Waals surface area contributed by atoms with Gasteiger partial charge in [0.15, 0.2) is 0 Å². The number of hydrogen-bond donors (Lipinski definition) is 0. The van der Waals surface area contributed by atoms with Crippen LogP contribution in [0.5, 0.6) is 0 Å². The van der Waals surface area contributed by atoms with Crippen molar-refractivity contribution in [1.29, 1.82) is 0 Å². The average Bonchev–Trinajstić information content (AvgIpc) is 2.68. The van der Waals surface area contributed by atoms with Gasteiger partial charge in [-0.2, -0.15) is 0 Å². The molecular weight excluding hydrogens is 316 g/mol. The molecule has 2 heteroatoms. The van der Waals surface area contributed by atoms with Gasteiger partial charge in [0.25, 0.3) is 0 Å². The molecule has 0 bridgehead atoms. The molecule has 0 unspecified atom stereocenters. The summed E-state index contributed by atoms with van der Waals surface area (Å²) in [4.78, 5) is 8.20. The summed E-state index contributed by atoms with van der Waals surface area (Å²) < 4.78 is 0. The van der Waals surface area contributed by atoms with Crippen LogP contribution in [-0.4, -0.2) is 9.97 Å². The van der Waals surface area contributed by atoms with E-state index >= 15 is 0 Å². The van der Waals surface area contributed by atoms with Gasteiger partial charge < -0.3 is 0 Å². The van der Waals surface area contributed by atoms with E-state index < -0.39 is 0 Å². The minimum absolute atomic E-state index is 0.934. The quantitative estimate of drug-likeness (QED) is 0.721. The number of hydrogen-bond acceptors (Lipinski definition) is 2. The molecule has 3 rings (SSSR count). The highest BCUT2D eigenvalue weighted by atomic mass is 14.6. The standard InChI is InChI=1S/C24H26N2/c1-17-18(2)24(8-6-22-11-15-26-16-12-22)20(4)19(3)23(17)7-5-21-9-13-25-14-10-21/h7-16H,5-6H2,1-4H3. The molecule has 2 nitrogen and oxygen atoms in total. The molecule has 0 amide bonds. The lowest BCUT2D eigenvalue weighted by Gasteiger charge is -2.12. The van der Waals surface area contributed by atoms with E-state index in [1.165, 1.54) is 43.8 Å². The Balaban J connectivity index is 2.02. The van der Waals surface area contributed by atoms with Gasteiger partial charge in [0.2, 0.25) is 0 Å². The Morgan fingerprint density at radius 1 is 0.577 bits per heavy atom. The third-order valence-corrected chi connectivity index (χ3v) is 5.32. The summed E-state index contributed by atoms with van der Waals surface area (Å²) in [5, 5.41) is 2.75. The number of benzene rings is 1. The first-order chi connectivity index (χ1) is 12.6. The maximum Gasteiger partial charge on any atom is 0.0270 e. The largest absolute Gasteiger partial charge is 0.265 e. The number of pyridine rings is 2. The van der Waals surface area contributed by atoms with Gasteiger partial charge in [-0.15, -0.1) is 0 Å². The Morgan fingerprint density at radius 3 is 1.19 bits per heavy atom. The zero-order chi connectivity index (χ0) is 18.5. The molecular formula is C24H26N2. The minimum atomic E-state index is 0.934. The molecule has 2 heterocycles. The normalized spacial score (nSPS) is 10.6. The van der Waals surface area contributed by atoms with Crippen LogP contribution in [0.3, 0.4) is 0 Å². The van der Waals surface area contributed by atoms with E-state index in [1.807, 2.05) is 24.8 Å². The Hall–Kier alpha value is -2.74. The van der Waals surface area contributed by atoms with E-state index in [0.29, 0.717) is 0 Å². The minimum Gasteiger partial charge on any atom is -0.265 e. The predicted octanol–water partition coefficient (Wildman–Crippen LogP) is 3.76. The van der Waals surface area contributed by atoms with Crippen LogP contribution in [-0.2, 0) is 12.8 Å². The fourth-order valence-electron chi connectivity index (χ4n) is 3.46. The monoisotopic (exact) mass is 342 g/mol. The van der Waals surface area contributed by atoms with Gasteiger partial charge in [-0.25, -0.2) is 0 Å². The van der Waals surface area contributed by atoms with E-state index in [2.05, 4.69) is 74.1 Å². The van der Waals surface area contributed by atoms with Crippen LogP contribution in [0.1, 0.15) is 33.4 Å². The van der Waals surface area contributed by atoms with Crippen LogP contribution < -0.4 is 10.4 Å². The first-order valence-corrected chi connectivity index (χ1v) is 9.12. The summed E-state index contributed by atoms with van der Waals surface area (Å²) in [6.45, 7) is 8.96. The molecule has 0 aliphatic carbocycles. The lowest BCUT2D eigenvalue weighted by molar-refractivity contribution is 1.15. The second-order valence-electron chi connectivity index (χ2n) is 6.85. The van der Waals surface area contributed by atoms with Gasteiger partial charge in [0.1, 0.15) is 0 Å². The van der Waals surface area contributed by atoms with E-state index in [1.54, 1.807) is 0 Å². The van der Waals surface area contributed by atoms with Crippen LogP contribution in [0.15, 0.2) is 49.1 Å². The molecule has 0 N–H and O–H groups in total. The molecule has 132 valence electrons. The first-order valence-electron chi connectivity index (χ1n) is 9.12. The smallest absolute Gasteiger partial charge is 0.0270 e. The van der Waals surface area contributed by atoms with Gasteiger partial charge in [0.05, 0.1) is 0 Å². The van der Waals surface area contributed by atoms with Crippen molar-refractivity contribution in [2.24, 2.45) is 0 Å². The molecule has 0 saturated heterocycles. The van der Waals surface area contributed by atoms with Gasteiger partial charge >= 0.3 is 0 Å². The summed E-state index contributed by atoms with van der Waals surface area (Å²) in [6.07, 6.45) is 14.0. The maximum atomic E-state index is 4.10. The summed E-state index contributed by atoms with van der Waals surface area (Å²) in [5.41, 5.74) is 8.10. The second kappa shape index (κ2) is 8.09. The van der Waals surface area contributed by atoms with Crippen molar-refractivity contribution >= 4 is 12.2 Å². The highest BCUT2D eigenvalue weighted by Gasteiger charge is 2.06. The molecule has 0 aliphatic heterocycles. The fraction of sp³-hybridized carbons (Fsp3) is 0.250. The Kier molecular flexibility index (Phi) is 5.62. The molecule has 0 atom stereocenters. The average molecular weight is 342 g/mol. The number of aromatic nitrogens is 2. The third kappa shape index (κ3) is 3.91. The van der Waals surface area contributed by atoms with Gasteiger partial charge in [0, 0.05) is 24.8 Å². The fourth-order valence-corrected chi connectivity index (χ4v) is 3.46. The summed E-state index contributed by atoms with van der Waals surface area (Å²) in [6, 6.07) is 8.32. The van der Waals surface area contributed by atoms with E-state index in [9.17, 15) is 0 Å². The predicted molar refractivity (Wildman–Crippen MR) is 109 cm³/mol. The van der Waals surface area contributed by atoms with E-state index in [0.717, 1.165) is 12.8 Å². The molecule has 2 aromatic heterocycles. The van der Waals surface area contributed by atoms with Crippen LogP contribution >= 0.6 is 0 Å². The van der Waals surface area contributed by atoms with Crippen LogP contribution in [0.4, 0.5) is 0 Å². The molecule has 0 saturated carbocycles. The third-order valence-electron chi connectivity index (χ3n) is 5.32. The molecule has 3 aromatic rings. The van der Waals surface area contributed by atoms with Gasteiger partial charge in [-0.05, 0) is 109 Å². The van der Waals surface area contributed by atoms with E-state index in [-0.39, 0.29) is 0 Å². The van der Waals surface area contributed by atoms with Crippen LogP contribution in [0, 0.1) is 27.7 Å². The van der Waals surface area contributed by atoms with Crippen LogP contribution in [0.2, 0.25) is 0 Å². The van der Waals surface area contributed by atoms with Crippen molar-refractivity contribution in [2.45, 2.75) is 40.5 Å². The summed E-state index contributed by atoms with van der Waals surface area (Å²) >= 11 is 0. The number of nitrogens with zero attached hydrogens (tertiary/aromatic N) is 2. The Morgan fingerprint density at radius 2 is 0.885 bits per heavy atom. The zero-order valence-electron chi connectivity index (χ0n) is 16.1. The molecule has 0 fully saturated rings. The zero-order valence-corrected chi connectivity index (χ0v) is 16.1. The Labute approximate surface area is 156 Å². The summed E-state index contributed by atoms with van der Waals surface area (Å²) in [5.74, 6) is 0. The maximum absolute atomic E-state index is 4.10. The van der Waals surface area contributed by atoms with Crippen molar-refractivity contribution in [3.8, 4) is 0 Å². The van der Waals surface area contributed by atoms with Crippen molar-refractivity contribution in [3.63, 3.8) is 0 Å². The first kappa shape index (κ1) is 18.1. The highest BCUT2D eigenvalue weighted by Crippen LogP contribution is 2.07. The lowest BCUT2D eigenvalue weighted by atomic mass is 9.93. The van der Waals surface area contributed by atoms with Crippen molar-refractivity contribution < 1.29 is 0 Å². The van der Waals surface area contributed by atoms with Crippen molar-refractivity contribution in [3.05, 3.63) is 92.9 Å². The SMILES string of the molecule is Cc1c(C)c(=CCc2ccncc2)c(C)c(C)c1=CCc1ccncc1. The lowest BCUT2D eigenvalue weighted by Crippen LogP contribution is -2.25. The molecule has 1 aromatic carbocycles. The number of rotatable bonds is 4. The molecule has 26 heavy (non-hydrogen) atoms. The van der Waals surface area contributed by atoms with Gasteiger partial charge in [-0.1, -0.05) is 12.2 Å². The topological polar surface area (TPSA) is 25.8 Å². The van der Waals surface area contributed by atoms with Crippen molar-refractivity contribution in [1.82, 2.24) is 9.97 Å². The molecule has 0 aliphatic rings. The molecule has 0 radical (unpaired) electrons. The van der Waals surface area contributed by atoms with Crippen LogP contribution in [0.25, 0.3) is 12.2 Å². The van der Waals surface area contributed by atoms with E-state index in [4.69, 9.17) is 0 Å². The summed E-state index contributed by atoms with van der Waals surface area (Å²) in [7, 11) is 0. The molecule has 0 spiro atoms. The van der Waals surface area contributed by atoms with Gasteiger partial charge in [-0.3, -0.25) is 9.97 Å². The Bertz CT molecular complexity index is 884. The second-order valence-corrected chi connectivity index (χ2v) is 6.85. The highest BCUT2D eigenvalue weighted by molar-refractivity contribution is 5.49. The van der Waals surface area contributed by atoms with Crippen molar-refractivity contribution in [2.75, 3.05) is 0 Å².